The Morgan fingerprint density at radius 3 is 2.26 bits per heavy atom. The second kappa shape index (κ2) is 9.94. The lowest BCUT2D eigenvalue weighted by atomic mass is 10.2. The molecule has 0 aliphatic carbocycles. The summed E-state index contributed by atoms with van der Waals surface area (Å²) >= 11 is 11.7. The maximum Gasteiger partial charge on any atom is 0.329 e. The lowest BCUT2D eigenvalue weighted by Gasteiger charge is -2.20. The molecule has 0 aromatic heterocycles. The van der Waals surface area contributed by atoms with Gasteiger partial charge in [-0.15, -0.1) is 0 Å². The van der Waals surface area contributed by atoms with Crippen molar-refractivity contribution >= 4 is 52.6 Å². The van der Waals surface area contributed by atoms with E-state index in [1.165, 1.54) is 18.3 Å². The first-order valence-electron chi connectivity index (χ1n) is 8.39. The van der Waals surface area contributed by atoms with E-state index in [9.17, 15) is 9.59 Å². The number of amides is 2. The van der Waals surface area contributed by atoms with Gasteiger partial charge in [0, 0.05) is 24.5 Å². The molecular weight excluding hydrogens is 387 g/mol. The molecule has 0 aliphatic rings. The number of carbonyl (C=O) groups excluding carboxylic acids is 2. The summed E-state index contributed by atoms with van der Waals surface area (Å²) in [6.45, 7) is 6.04. The van der Waals surface area contributed by atoms with Crippen LogP contribution in [0.5, 0.6) is 0 Å². The molecule has 0 radical (unpaired) electrons. The van der Waals surface area contributed by atoms with E-state index in [1.807, 2.05) is 24.3 Å². The van der Waals surface area contributed by atoms with Crippen LogP contribution in [-0.2, 0) is 9.59 Å². The third kappa shape index (κ3) is 5.98. The molecular formula is C19H20Cl2N4O2. The van der Waals surface area contributed by atoms with Crippen molar-refractivity contribution in [3.05, 3.63) is 58.1 Å². The number of rotatable bonds is 6. The normalized spacial score (nSPS) is 10.7. The topological polar surface area (TPSA) is 73.8 Å². The second-order valence-corrected chi connectivity index (χ2v) is 6.36. The van der Waals surface area contributed by atoms with Crippen molar-refractivity contribution in [2.75, 3.05) is 23.3 Å². The number of hydrogen-bond acceptors (Lipinski definition) is 4. The molecule has 0 heterocycles. The fraction of sp³-hybridized carbons (Fsp3) is 0.211. The maximum absolute atomic E-state index is 11.9. The quantitative estimate of drug-likeness (QED) is 0.433. The van der Waals surface area contributed by atoms with Crippen LogP contribution < -0.4 is 15.6 Å². The highest BCUT2D eigenvalue weighted by atomic mass is 35.5. The van der Waals surface area contributed by atoms with Crippen LogP contribution in [0.2, 0.25) is 10.0 Å². The van der Waals surface area contributed by atoms with Crippen molar-refractivity contribution in [1.82, 2.24) is 5.43 Å². The summed E-state index contributed by atoms with van der Waals surface area (Å²) in [6, 6.07) is 12.3. The largest absolute Gasteiger partial charge is 0.372 e. The van der Waals surface area contributed by atoms with Crippen molar-refractivity contribution in [2.24, 2.45) is 5.10 Å². The molecule has 27 heavy (non-hydrogen) atoms. The van der Waals surface area contributed by atoms with Crippen molar-refractivity contribution in [1.29, 1.82) is 0 Å². The molecule has 0 unspecified atom stereocenters. The van der Waals surface area contributed by atoms with E-state index in [-0.39, 0.29) is 5.02 Å². The van der Waals surface area contributed by atoms with Crippen molar-refractivity contribution < 1.29 is 9.59 Å². The Labute approximate surface area is 168 Å². The molecule has 0 aliphatic heterocycles. The van der Waals surface area contributed by atoms with E-state index in [4.69, 9.17) is 23.2 Å². The Balaban J connectivity index is 1.90. The van der Waals surface area contributed by atoms with Gasteiger partial charge >= 0.3 is 11.8 Å². The van der Waals surface area contributed by atoms with E-state index >= 15 is 0 Å². The SMILES string of the molecule is CCN(CC)c1ccc(/C=N/NC(=O)C(=O)Nc2ccc(Cl)c(Cl)c2)cc1. The first-order chi connectivity index (χ1) is 12.9. The van der Waals surface area contributed by atoms with Crippen LogP contribution in [0.25, 0.3) is 0 Å². The minimum atomic E-state index is -0.892. The first-order valence-corrected chi connectivity index (χ1v) is 9.14. The lowest BCUT2D eigenvalue weighted by molar-refractivity contribution is -0.136. The predicted molar refractivity (Wildman–Crippen MR) is 111 cm³/mol. The number of hydrogen-bond donors (Lipinski definition) is 2. The lowest BCUT2D eigenvalue weighted by Crippen LogP contribution is -2.32. The summed E-state index contributed by atoms with van der Waals surface area (Å²) in [7, 11) is 0. The molecule has 0 saturated heterocycles. The number of anilines is 2. The molecule has 2 rings (SSSR count). The third-order valence-electron chi connectivity index (χ3n) is 3.79. The molecule has 0 bridgehead atoms. The predicted octanol–water partition coefficient (Wildman–Crippen LogP) is 3.93. The van der Waals surface area contributed by atoms with Gasteiger partial charge < -0.3 is 10.2 Å². The molecule has 0 fully saturated rings. The summed E-state index contributed by atoms with van der Waals surface area (Å²) in [5.41, 5.74) is 4.46. The Hall–Kier alpha value is -2.57. The molecule has 0 saturated carbocycles. The van der Waals surface area contributed by atoms with Crippen molar-refractivity contribution in [3.63, 3.8) is 0 Å². The molecule has 0 spiro atoms. The number of halogens is 2. The molecule has 6 nitrogen and oxygen atoms in total. The van der Waals surface area contributed by atoms with Crippen LogP contribution >= 0.6 is 23.2 Å². The number of carbonyl (C=O) groups is 2. The highest BCUT2D eigenvalue weighted by Gasteiger charge is 2.13. The Morgan fingerprint density at radius 1 is 1.00 bits per heavy atom. The minimum absolute atomic E-state index is 0.279. The van der Waals surface area contributed by atoms with Crippen molar-refractivity contribution in [3.8, 4) is 0 Å². The molecule has 0 atom stereocenters. The summed E-state index contributed by atoms with van der Waals surface area (Å²) < 4.78 is 0. The average molecular weight is 407 g/mol. The second-order valence-electron chi connectivity index (χ2n) is 5.55. The van der Waals surface area contributed by atoms with Gasteiger partial charge in [-0.2, -0.15) is 5.10 Å². The van der Waals surface area contributed by atoms with Crippen LogP contribution in [0.3, 0.4) is 0 Å². The van der Waals surface area contributed by atoms with Crippen LogP contribution in [0, 0.1) is 0 Å². The first kappa shape index (κ1) is 20.7. The highest BCUT2D eigenvalue weighted by Crippen LogP contribution is 2.24. The van der Waals surface area contributed by atoms with Gasteiger partial charge in [-0.05, 0) is 49.7 Å². The monoisotopic (exact) mass is 406 g/mol. The van der Waals surface area contributed by atoms with E-state index in [0.29, 0.717) is 10.7 Å². The van der Waals surface area contributed by atoms with Crippen LogP contribution in [0.4, 0.5) is 11.4 Å². The number of benzene rings is 2. The van der Waals surface area contributed by atoms with Gasteiger partial charge in [-0.1, -0.05) is 35.3 Å². The zero-order valence-corrected chi connectivity index (χ0v) is 16.5. The smallest absolute Gasteiger partial charge is 0.329 e. The maximum atomic E-state index is 11.9. The molecule has 142 valence electrons. The van der Waals surface area contributed by atoms with E-state index in [2.05, 4.69) is 34.6 Å². The number of nitrogens with one attached hydrogen (secondary N) is 2. The van der Waals surface area contributed by atoms with Gasteiger partial charge in [0.15, 0.2) is 0 Å². The Kier molecular flexibility index (Phi) is 7.64. The van der Waals surface area contributed by atoms with E-state index in [1.54, 1.807) is 6.07 Å². The van der Waals surface area contributed by atoms with Crippen LogP contribution in [0.1, 0.15) is 19.4 Å². The minimum Gasteiger partial charge on any atom is -0.372 e. The molecule has 2 aromatic rings. The standard InChI is InChI=1S/C19H20Cl2N4O2/c1-3-25(4-2)15-8-5-13(6-9-15)12-22-24-19(27)18(26)23-14-7-10-16(20)17(21)11-14/h5-12H,3-4H2,1-2H3,(H,23,26)(H,24,27)/b22-12+. The Bertz CT molecular complexity index is 834. The molecule has 2 aromatic carbocycles. The fourth-order valence-corrected chi connectivity index (χ4v) is 2.64. The van der Waals surface area contributed by atoms with Gasteiger partial charge in [0.25, 0.3) is 0 Å². The summed E-state index contributed by atoms with van der Waals surface area (Å²) in [4.78, 5) is 25.9. The number of hydrazone groups is 1. The summed E-state index contributed by atoms with van der Waals surface area (Å²) in [5.74, 6) is -1.75. The average Bonchev–Trinajstić information content (AvgIpc) is 2.66. The number of nitrogens with zero attached hydrogens (tertiary/aromatic N) is 2. The van der Waals surface area contributed by atoms with Crippen molar-refractivity contribution in [2.45, 2.75) is 13.8 Å². The van der Waals surface area contributed by atoms with E-state index in [0.717, 1.165) is 24.3 Å². The Morgan fingerprint density at radius 2 is 1.67 bits per heavy atom. The summed E-state index contributed by atoms with van der Waals surface area (Å²) in [5, 5.41) is 6.86. The molecule has 2 N–H and O–H groups in total. The highest BCUT2D eigenvalue weighted by molar-refractivity contribution is 6.42. The summed E-state index contributed by atoms with van der Waals surface area (Å²) in [6.07, 6.45) is 1.47. The zero-order chi connectivity index (χ0) is 19.8. The van der Waals surface area contributed by atoms with Gasteiger partial charge in [-0.25, -0.2) is 5.43 Å². The molecule has 2 amide bonds. The fourth-order valence-electron chi connectivity index (χ4n) is 2.34. The van der Waals surface area contributed by atoms with Crippen LogP contribution in [0.15, 0.2) is 47.6 Å². The van der Waals surface area contributed by atoms with Gasteiger partial charge in [-0.3, -0.25) is 9.59 Å². The van der Waals surface area contributed by atoms with E-state index < -0.39 is 11.8 Å². The third-order valence-corrected chi connectivity index (χ3v) is 4.52. The van der Waals surface area contributed by atoms with Gasteiger partial charge in [0.2, 0.25) is 0 Å². The van der Waals surface area contributed by atoms with Gasteiger partial charge in [0.05, 0.1) is 16.3 Å². The van der Waals surface area contributed by atoms with Gasteiger partial charge in [0.1, 0.15) is 0 Å². The molecule has 8 heteroatoms. The zero-order valence-electron chi connectivity index (χ0n) is 15.0. The van der Waals surface area contributed by atoms with Crippen LogP contribution in [-0.4, -0.2) is 31.1 Å².